The van der Waals surface area contributed by atoms with Gasteiger partial charge in [-0.15, -0.1) is 11.3 Å². The van der Waals surface area contributed by atoms with Crippen molar-refractivity contribution in [2.75, 3.05) is 0 Å². The molecule has 176 valence electrons. The van der Waals surface area contributed by atoms with Crippen LogP contribution in [0.15, 0.2) is 39.9 Å². The maximum atomic E-state index is 13.8. The Morgan fingerprint density at radius 3 is 2.30 bits per heavy atom. The van der Waals surface area contributed by atoms with Gasteiger partial charge in [-0.25, -0.2) is 14.2 Å². The summed E-state index contributed by atoms with van der Waals surface area (Å²) in [5, 5.41) is 0.547. The van der Waals surface area contributed by atoms with Gasteiger partial charge in [0.15, 0.2) is 0 Å². The van der Waals surface area contributed by atoms with Crippen LogP contribution >= 0.6 is 11.3 Å². The lowest BCUT2D eigenvalue weighted by Gasteiger charge is -2.30. The summed E-state index contributed by atoms with van der Waals surface area (Å²) >= 11 is 1.56. The second-order valence-corrected chi connectivity index (χ2v) is 11.4. The van der Waals surface area contributed by atoms with E-state index >= 15 is 0 Å². The van der Waals surface area contributed by atoms with Crippen molar-refractivity contribution in [2.24, 2.45) is 0 Å². The Kier molecular flexibility index (Phi) is 5.89. The Balaban J connectivity index is 1.91. The molecule has 0 N–H and O–H groups in total. The summed E-state index contributed by atoms with van der Waals surface area (Å²) in [6.45, 7) is 10.9. The van der Waals surface area contributed by atoms with E-state index in [2.05, 4.69) is 0 Å². The van der Waals surface area contributed by atoms with Gasteiger partial charge in [-0.2, -0.15) is 0 Å². The molecule has 0 amide bonds. The summed E-state index contributed by atoms with van der Waals surface area (Å²) in [5.74, 6) is -0.134. The van der Waals surface area contributed by atoms with E-state index in [0.29, 0.717) is 29.1 Å². The summed E-state index contributed by atoms with van der Waals surface area (Å²) < 4.78 is 8.37. The van der Waals surface area contributed by atoms with Gasteiger partial charge in [-0.05, 0) is 77.8 Å². The van der Waals surface area contributed by atoms with Gasteiger partial charge in [0.1, 0.15) is 16.0 Å². The molecule has 1 saturated carbocycles. The first-order valence-electron chi connectivity index (χ1n) is 11.5. The highest BCUT2D eigenvalue weighted by molar-refractivity contribution is 7.19. The Bertz CT molecular complexity index is 1320. The van der Waals surface area contributed by atoms with E-state index in [4.69, 9.17) is 4.74 Å². The molecule has 33 heavy (non-hydrogen) atoms. The molecule has 0 saturated heterocycles. The zero-order valence-corrected chi connectivity index (χ0v) is 21.0. The van der Waals surface area contributed by atoms with Gasteiger partial charge >= 0.3 is 11.7 Å². The molecule has 4 rings (SSSR count). The molecule has 0 aliphatic heterocycles. The third-order valence-electron chi connectivity index (χ3n) is 6.12. The molecule has 6 nitrogen and oxygen atoms in total. The zero-order valence-electron chi connectivity index (χ0n) is 20.2. The molecule has 0 bridgehead atoms. The molecule has 2 heterocycles. The Morgan fingerprint density at radius 2 is 1.73 bits per heavy atom. The van der Waals surface area contributed by atoms with Crippen LogP contribution < -0.4 is 11.2 Å². The molecule has 7 heteroatoms. The maximum absolute atomic E-state index is 13.8. The summed E-state index contributed by atoms with van der Waals surface area (Å²) in [6, 6.07) is 9.96. The number of hydrogen-bond donors (Lipinski definition) is 0. The van der Waals surface area contributed by atoms with Crippen molar-refractivity contribution in [1.29, 1.82) is 0 Å². The second kappa shape index (κ2) is 8.28. The first kappa shape index (κ1) is 23.5. The number of carbonyl (C=O) groups is 1. The van der Waals surface area contributed by atoms with Crippen LogP contribution in [0, 0.1) is 6.92 Å². The van der Waals surface area contributed by atoms with Crippen LogP contribution in [0.4, 0.5) is 0 Å². The fourth-order valence-electron chi connectivity index (χ4n) is 4.17. The minimum absolute atomic E-state index is 0.414. The highest BCUT2D eigenvalue weighted by Gasteiger charge is 2.39. The van der Waals surface area contributed by atoms with Gasteiger partial charge in [0.05, 0.1) is 5.39 Å². The quantitative estimate of drug-likeness (QED) is 0.491. The number of nitrogens with zero attached hydrogens (tertiary/aromatic N) is 2. The van der Waals surface area contributed by atoms with Crippen molar-refractivity contribution in [3.8, 4) is 0 Å². The van der Waals surface area contributed by atoms with Crippen molar-refractivity contribution in [3.05, 3.63) is 67.2 Å². The summed E-state index contributed by atoms with van der Waals surface area (Å²) in [5.41, 5.74) is -1.02. The van der Waals surface area contributed by atoms with Gasteiger partial charge in [-0.3, -0.25) is 9.36 Å². The standard InChI is InChI=1S/C26H32N2O4S/c1-16-19-21(29)28(26(5,6)23(30)32-25(2,3)4)24(31)27(15-14-17-10-8-7-9-11-17)22(19)33-20(16)18-12-13-18/h7-11,18H,12-15H2,1-6H3. The highest BCUT2D eigenvalue weighted by atomic mass is 32.1. The lowest BCUT2D eigenvalue weighted by atomic mass is 10.0. The molecular weight excluding hydrogens is 436 g/mol. The van der Waals surface area contributed by atoms with E-state index in [1.54, 1.807) is 50.5 Å². The number of ether oxygens (including phenoxy) is 1. The van der Waals surface area contributed by atoms with Crippen molar-refractivity contribution in [3.63, 3.8) is 0 Å². The molecule has 2 aromatic heterocycles. The van der Waals surface area contributed by atoms with Crippen molar-refractivity contribution >= 4 is 27.5 Å². The molecule has 3 aromatic rings. The molecule has 0 unspecified atom stereocenters. The minimum atomic E-state index is -1.45. The van der Waals surface area contributed by atoms with Gasteiger partial charge in [0, 0.05) is 11.4 Å². The maximum Gasteiger partial charge on any atom is 0.333 e. The number of aryl methyl sites for hydroxylation is 3. The zero-order chi connectivity index (χ0) is 24.1. The van der Waals surface area contributed by atoms with Crippen LogP contribution in [-0.2, 0) is 28.0 Å². The number of fused-ring (bicyclic) bond motifs is 1. The molecule has 0 spiro atoms. The molecule has 1 fully saturated rings. The Morgan fingerprint density at radius 1 is 1.09 bits per heavy atom. The lowest BCUT2D eigenvalue weighted by molar-refractivity contribution is -0.164. The van der Waals surface area contributed by atoms with Gasteiger partial charge < -0.3 is 4.74 Å². The molecular formula is C26H32N2O4S. The normalized spacial score (nSPS) is 14.6. The second-order valence-electron chi connectivity index (χ2n) is 10.4. The van der Waals surface area contributed by atoms with Crippen LogP contribution in [0.1, 0.15) is 69.4 Å². The average Bonchev–Trinajstić information content (AvgIpc) is 3.50. The number of rotatable bonds is 6. The fraction of sp³-hybridized carbons (Fsp3) is 0.500. The van der Waals surface area contributed by atoms with E-state index in [1.165, 1.54) is 4.88 Å². The van der Waals surface area contributed by atoms with Crippen molar-refractivity contribution in [2.45, 2.75) is 84.4 Å². The first-order valence-corrected chi connectivity index (χ1v) is 12.3. The van der Waals surface area contributed by atoms with Gasteiger partial charge in [0.2, 0.25) is 0 Å². The predicted molar refractivity (Wildman–Crippen MR) is 132 cm³/mol. The number of benzene rings is 1. The van der Waals surface area contributed by atoms with E-state index in [0.717, 1.165) is 28.5 Å². The van der Waals surface area contributed by atoms with Crippen LogP contribution in [0.3, 0.4) is 0 Å². The summed E-state index contributed by atoms with van der Waals surface area (Å²) in [6.07, 6.45) is 2.87. The minimum Gasteiger partial charge on any atom is -0.458 e. The van der Waals surface area contributed by atoms with Crippen LogP contribution in [0.2, 0.25) is 0 Å². The first-order chi connectivity index (χ1) is 15.4. The summed E-state index contributed by atoms with van der Waals surface area (Å²) in [7, 11) is 0. The molecule has 0 atom stereocenters. The number of carbonyl (C=O) groups excluding carboxylic acids is 1. The monoisotopic (exact) mass is 468 g/mol. The smallest absolute Gasteiger partial charge is 0.333 e. The third kappa shape index (κ3) is 4.43. The molecule has 0 radical (unpaired) electrons. The molecule has 1 aliphatic rings. The van der Waals surface area contributed by atoms with Gasteiger partial charge in [0.25, 0.3) is 5.56 Å². The van der Waals surface area contributed by atoms with E-state index < -0.39 is 28.4 Å². The van der Waals surface area contributed by atoms with Gasteiger partial charge in [-0.1, -0.05) is 30.3 Å². The SMILES string of the molecule is Cc1c(C2CC2)sc2c1c(=O)n(C(C)(C)C(=O)OC(C)(C)C)c(=O)n2CCc1ccccc1. The van der Waals surface area contributed by atoms with Crippen molar-refractivity contribution < 1.29 is 9.53 Å². The molecule has 1 aliphatic carbocycles. The van der Waals surface area contributed by atoms with Crippen LogP contribution in [0.5, 0.6) is 0 Å². The Hall–Kier alpha value is -2.67. The van der Waals surface area contributed by atoms with Crippen LogP contribution in [0.25, 0.3) is 10.2 Å². The van der Waals surface area contributed by atoms with E-state index in [1.807, 2.05) is 37.3 Å². The van der Waals surface area contributed by atoms with E-state index in [9.17, 15) is 14.4 Å². The van der Waals surface area contributed by atoms with Crippen LogP contribution in [-0.4, -0.2) is 20.7 Å². The predicted octanol–water partition coefficient (Wildman–Crippen LogP) is 4.73. The Labute approximate surface area is 197 Å². The average molecular weight is 469 g/mol. The lowest BCUT2D eigenvalue weighted by Crippen LogP contribution is -2.54. The molecule has 1 aromatic carbocycles. The third-order valence-corrected chi connectivity index (χ3v) is 7.60. The number of thiophene rings is 1. The highest BCUT2D eigenvalue weighted by Crippen LogP contribution is 2.46. The number of hydrogen-bond acceptors (Lipinski definition) is 5. The van der Waals surface area contributed by atoms with E-state index in [-0.39, 0.29) is 0 Å². The fourth-order valence-corrected chi connectivity index (χ4v) is 5.66. The topological polar surface area (TPSA) is 70.3 Å². The summed E-state index contributed by atoms with van der Waals surface area (Å²) in [4.78, 5) is 42.5. The number of esters is 1. The van der Waals surface area contributed by atoms with Crippen molar-refractivity contribution in [1.82, 2.24) is 9.13 Å². The largest absolute Gasteiger partial charge is 0.458 e. The number of aromatic nitrogens is 2.